The Hall–Kier alpha value is -2.78. The molecule has 136 valence electrons. The van der Waals surface area contributed by atoms with Crippen LogP contribution in [0, 0.1) is 11.6 Å². The van der Waals surface area contributed by atoms with Crippen molar-refractivity contribution in [1.82, 2.24) is 19.5 Å². The molecule has 10 heteroatoms. The molecule has 0 atom stereocenters. The third-order valence-electron chi connectivity index (χ3n) is 4.05. The van der Waals surface area contributed by atoms with Crippen LogP contribution in [-0.4, -0.2) is 32.2 Å². The standard InChI is InChI=1S/C16H12F5N5/c17-10-3-12-13(4-11(10)18)26(8-1-2-8)15(25-12)9-5-22-7-24-14(9)23-6-16(19,20)21/h3-5,7-8H,1-2,6H2,(H,22,23,24). The van der Waals surface area contributed by atoms with Gasteiger partial charge in [-0.05, 0) is 12.8 Å². The van der Waals surface area contributed by atoms with Crippen molar-refractivity contribution in [3.63, 3.8) is 0 Å². The molecule has 0 spiro atoms. The Bertz CT molecular complexity index is 977. The van der Waals surface area contributed by atoms with E-state index in [4.69, 9.17) is 0 Å². The van der Waals surface area contributed by atoms with Gasteiger partial charge in [-0.25, -0.2) is 23.7 Å². The quantitative estimate of drug-likeness (QED) is 0.704. The molecule has 0 unspecified atom stereocenters. The molecular weight excluding hydrogens is 357 g/mol. The van der Waals surface area contributed by atoms with Gasteiger partial charge in [0.2, 0.25) is 0 Å². The molecule has 1 aromatic carbocycles. The number of hydrogen-bond donors (Lipinski definition) is 1. The van der Waals surface area contributed by atoms with E-state index in [0.29, 0.717) is 5.52 Å². The first kappa shape index (κ1) is 16.7. The zero-order chi connectivity index (χ0) is 18.5. The zero-order valence-electron chi connectivity index (χ0n) is 13.2. The molecule has 1 N–H and O–H groups in total. The summed E-state index contributed by atoms with van der Waals surface area (Å²) >= 11 is 0. The van der Waals surface area contributed by atoms with E-state index in [1.807, 2.05) is 0 Å². The van der Waals surface area contributed by atoms with Gasteiger partial charge >= 0.3 is 6.18 Å². The second kappa shape index (κ2) is 5.89. The average molecular weight is 369 g/mol. The molecule has 0 amide bonds. The number of aromatic nitrogens is 4. The summed E-state index contributed by atoms with van der Waals surface area (Å²) < 4.78 is 66.6. The van der Waals surface area contributed by atoms with E-state index >= 15 is 0 Å². The summed E-state index contributed by atoms with van der Waals surface area (Å²) in [5, 5.41) is 2.23. The van der Waals surface area contributed by atoms with Crippen LogP contribution in [-0.2, 0) is 0 Å². The van der Waals surface area contributed by atoms with Gasteiger partial charge in [-0.1, -0.05) is 0 Å². The maximum Gasteiger partial charge on any atom is 0.405 e. The number of halogens is 5. The number of benzene rings is 1. The Morgan fingerprint density at radius 1 is 1.15 bits per heavy atom. The van der Waals surface area contributed by atoms with Crippen molar-refractivity contribution in [2.75, 3.05) is 11.9 Å². The minimum atomic E-state index is -4.43. The van der Waals surface area contributed by atoms with Crippen LogP contribution in [0.15, 0.2) is 24.7 Å². The molecule has 0 aliphatic heterocycles. The van der Waals surface area contributed by atoms with Crippen LogP contribution < -0.4 is 5.32 Å². The molecular formula is C16H12F5N5. The van der Waals surface area contributed by atoms with Gasteiger partial charge in [0.1, 0.15) is 24.5 Å². The maximum absolute atomic E-state index is 13.7. The minimum Gasteiger partial charge on any atom is -0.360 e. The van der Waals surface area contributed by atoms with E-state index in [0.717, 1.165) is 31.3 Å². The van der Waals surface area contributed by atoms with Crippen molar-refractivity contribution in [1.29, 1.82) is 0 Å². The number of fused-ring (bicyclic) bond motifs is 1. The predicted molar refractivity (Wildman–Crippen MR) is 83.5 cm³/mol. The van der Waals surface area contributed by atoms with Crippen molar-refractivity contribution in [3.8, 4) is 11.4 Å². The maximum atomic E-state index is 13.7. The highest BCUT2D eigenvalue weighted by Gasteiger charge is 2.31. The predicted octanol–water partition coefficient (Wildman–Crippen LogP) is 4.08. The highest BCUT2D eigenvalue weighted by molar-refractivity contribution is 5.83. The number of hydrogen-bond acceptors (Lipinski definition) is 4. The van der Waals surface area contributed by atoms with E-state index in [9.17, 15) is 22.0 Å². The Labute approximate surface area is 143 Å². The Balaban J connectivity index is 1.86. The Kier molecular flexibility index (Phi) is 3.78. The largest absolute Gasteiger partial charge is 0.405 e. The van der Waals surface area contributed by atoms with Crippen LogP contribution >= 0.6 is 0 Å². The van der Waals surface area contributed by atoms with Gasteiger partial charge in [-0.15, -0.1) is 0 Å². The molecule has 1 saturated carbocycles. The molecule has 1 fully saturated rings. The van der Waals surface area contributed by atoms with Crippen LogP contribution in [0.2, 0.25) is 0 Å². The van der Waals surface area contributed by atoms with E-state index in [2.05, 4.69) is 20.3 Å². The van der Waals surface area contributed by atoms with Crippen LogP contribution in [0.4, 0.5) is 27.8 Å². The molecule has 4 rings (SSSR count). The van der Waals surface area contributed by atoms with Gasteiger partial charge < -0.3 is 9.88 Å². The summed E-state index contributed by atoms with van der Waals surface area (Å²) in [7, 11) is 0. The summed E-state index contributed by atoms with van der Waals surface area (Å²) in [6.45, 7) is -1.27. The van der Waals surface area contributed by atoms with Crippen molar-refractivity contribution >= 4 is 16.9 Å². The van der Waals surface area contributed by atoms with Crippen LogP contribution in [0.5, 0.6) is 0 Å². The number of nitrogens with one attached hydrogen (secondary N) is 1. The molecule has 0 saturated heterocycles. The molecule has 26 heavy (non-hydrogen) atoms. The van der Waals surface area contributed by atoms with Gasteiger partial charge in [-0.3, -0.25) is 0 Å². The Morgan fingerprint density at radius 2 is 1.88 bits per heavy atom. The molecule has 2 aromatic heterocycles. The normalized spacial score (nSPS) is 14.8. The molecule has 2 heterocycles. The fourth-order valence-electron chi connectivity index (χ4n) is 2.80. The van der Waals surface area contributed by atoms with Gasteiger partial charge in [0, 0.05) is 24.4 Å². The second-order valence-electron chi connectivity index (χ2n) is 6.05. The smallest absolute Gasteiger partial charge is 0.360 e. The highest BCUT2D eigenvalue weighted by atomic mass is 19.4. The molecule has 3 aromatic rings. The summed E-state index contributed by atoms with van der Waals surface area (Å²) in [5.41, 5.74) is 0.837. The number of nitrogens with zero attached hydrogens (tertiary/aromatic N) is 4. The van der Waals surface area contributed by atoms with Gasteiger partial charge in [0.25, 0.3) is 0 Å². The first-order valence-electron chi connectivity index (χ1n) is 7.81. The van der Waals surface area contributed by atoms with Crippen molar-refractivity contribution < 1.29 is 22.0 Å². The fourth-order valence-corrected chi connectivity index (χ4v) is 2.80. The highest BCUT2D eigenvalue weighted by Crippen LogP contribution is 2.42. The molecule has 5 nitrogen and oxygen atoms in total. The lowest BCUT2D eigenvalue weighted by atomic mass is 10.2. The molecule has 0 radical (unpaired) electrons. The first-order chi connectivity index (χ1) is 12.3. The van der Waals surface area contributed by atoms with Crippen LogP contribution in [0.3, 0.4) is 0 Å². The van der Waals surface area contributed by atoms with Crippen molar-refractivity contribution in [3.05, 3.63) is 36.3 Å². The topological polar surface area (TPSA) is 55.6 Å². The third-order valence-corrected chi connectivity index (χ3v) is 4.05. The fraction of sp³-hybridized carbons (Fsp3) is 0.312. The zero-order valence-corrected chi connectivity index (χ0v) is 13.2. The van der Waals surface area contributed by atoms with Gasteiger partial charge in [-0.2, -0.15) is 13.2 Å². The monoisotopic (exact) mass is 369 g/mol. The van der Waals surface area contributed by atoms with Crippen molar-refractivity contribution in [2.45, 2.75) is 25.1 Å². The summed E-state index contributed by atoms with van der Waals surface area (Å²) in [5.74, 6) is -1.82. The summed E-state index contributed by atoms with van der Waals surface area (Å²) in [6, 6.07) is 2.04. The van der Waals surface area contributed by atoms with E-state index in [-0.39, 0.29) is 28.8 Å². The number of imidazole rings is 1. The van der Waals surface area contributed by atoms with Gasteiger partial charge in [0.15, 0.2) is 11.6 Å². The van der Waals surface area contributed by atoms with Crippen LogP contribution in [0.1, 0.15) is 18.9 Å². The average Bonchev–Trinajstić information content (AvgIpc) is 3.35. The van der Waals surface area contributed by atoms with Gasteiger partial charge in [0.05, 0.1) is 16.6 Å². The molecule has 1 aliphatic carbocycles. The SMILES string of the molecule is Fc1cc2nc(-c3cncnc3NCC(F)(F)F)n(C3CC3)c2cc1F. The van der Waals surface area contributed by atoms with Crippen LogP contribution in [0.25, 0.3) is 22.4 Å². The summed E-state index contributed by atoms with van der Waals surface area (Å²) in [4.78, 5) is 12.0. The Morgan fingerprint density at radius 3 is 2.58 bits per heavy atom. The van der Waals surface area contributed by atoms with E-state index in [1.165, 1.54) is 6.20 Å². The minimum absolute atomic E-state index is 0.0236. The second-order valence-corrected chi connectivity index (χ2v) is 6.05. The molecule has 1 aliphatic rings. The lowest BCUT2D eigenvalue weighted by Gasteiger charge is -2.13. The number of rotatable bonds is 4. The van der Waals surface area contributed by atoms with Crippen molar-refractivity contribution in [2.24, 2.45) is 0 Å². The number of anilines is 1. The van der Waals surface area contributed by atoms with E-state index in [1.54, 1.807) is 4.57 Å². The first-order valence-corrected chi connectivity index (χ1v) is 7.81. The number of alkyl halides is 3. The lowest BCUT2D eigenvalue weighted by molar-refractivity contribution is -0.115. The third kappa shape index (κ3) is 3.06. The lowest BCUT2D eigenvalue weighted by Crippen LogP contribution is -2.22. The summed E-state index contributed by atoms with van der Waals surface area (Å²) in [6.07, 6.45) is -0.345. The molecule has 0 bridgehead atoms. The van der Waals surface area contributed by atoms with E-state index < -0.39 is 24.4 Å².